The molecule has 2 saturated heterocycles. The highest BCUT2D eigenvalue weighted by molar-refractivity contribution is 6.08. The first-order chi connectivity index (χ1) is 5.73. The summed E-state index contributed by atoms with van der Waals surface area (Å²) in [7, 11) is 0. The van der Waals surface area contributed by atoms with Crippen molar-refractivity contribution in [2.24, 2.45) is 0 Å². The Bertz CT molecular complexity index is 231. The number of imide groups is 1. The minimum Gasteiger partial charge on any atom is -0.303 e. The SMILES string of the molecule is O=C1CC2(CCCCN2)C(=O)N1. The Balaban J connectivity index is 2.18. The van der Waals surface area contributed by atoms with Crippen molar-refractivity contribution in [3.63, 3.8) is 0 Å². The maximum Gasteiger partial charge on any atom is 0.247 e. The number of carbonyl (C=O) groups is 2. The van der Waals surface area contributed by atoms with Gasteiger partial charge >= 0.3 is 0 Å². The fourth-order valence-electron chi connectivity index (χ4n) is 1.96. The molecule has 2 fully saturated rings. The number of amides is 2. The molecule has 0 radical (unpaired) electrons. The average molecular weight is 168 g/mol. The van der Waals surface area contributed by atoms with Crippen LogP contribution in [-0.2, 0) is 9.59 Å². The van der Waals surface area contributed by atoms with Crippen molar-refractivity contribution in [3.05, 3.63) is 0 Å². The van der Waals surface area contributed by atoms with Crippen LogP contribution in [0.4, 0.5) is 0 Å². The Morgan fingerprint density at radius 2 is 2.08 bits per heavy atom. The fourth-order valence-corrected chi connectivity index (χ4v) is 1.96. The monoisotopic (exact) mass is 168 g/mol. The van der Waals surface area contributed by atoms with Crippen LogP contribution in [0.1, 0.15) is 25.7 Å². The Hall–Kier alpha value is -0.900. The van der Waals surface area contributed by atoms with E-state index < -0.39 is 5.54 Å². The first kappa shape index (κ1) is 7.73. The lowest BCUT2D eigenvalue weighted by molar-refractivity contribution is -0.127. The normalized spacial score (nSPS) is 35.7. The van der Waals surface area contributed by atoms with Gasteiger partial charge in [-0.15, -0.1) is 0 Å². The largest absolute Gasteiger partial charge is 0.303 e. The third kappa shape index (κ3) is 1.03. The summed E-state index contributed by atoms with van der Waals surface area (Å²) in [4.78, 5) is 22.3. The summed E-state index contributed by atoms with van der Waals surface area (Å²) in [6.45, 7) is 0.848. The molecule has 0 aromatic heterocycles. The van der Waals surface area contributed by atoms with E-state index in [9.17, 15) is 9.59 Å². The molecule has 2 amide bonds. The first-order valence-corrected chi connectivity index (χ1v) is 4.32. The van der Waals surface area contributed by atoms with E-state index in [2.05, 4.69) is 10.6 Å². The number of hydrogen-bond donors (Lipinski definition) is 2. The van der Waals surface area contributed by atoms with E-state index in [-0.39, 0.29) is 11.8 Å². The van der Waals surface area contributed by atoms with Gasteiger partial charge in [-0.05, 0) is 25.8 Å². The van der Waals surface area contributed by atoms with Crippen molar-refractivity contribution in [1.82, 2.24) is 10.6 Å². The molecule has 0 aromatic carbocycles. The Labute approximate surface area is 70.7 Å². The Kier molecular flexibility index (Phi) is 1.65. The molecule has 66 valence electrons. The second-order valence-corrected chi connectivity index (χ2v) is 3.52. The van der Waals surface area contributed by atoms with Gasteiger partial charge in [-0.2, -0.15) is 0 Å². The summed E-state index contributed by atoms with van der Waals surface area (Å²) < 4.78 is 0. The number of hydrogen-bond acceptors (Lipinski definition) is 3. The highest BCUT2D eigenvalue weighted by Gasteiger charge is 2.46. The third-order valence-corrected chi connectivity index (χ3v) is 2.64. The number of nitrogens with one attached hydrogen (secondary N) is 2. The van der Waals surface area contributed by atoms with Crippen LogP contribution in [0.3, 0.4) is 0 Å². The van der Waals surface area contributed by atoms with E-state index >= 15 is 0 Å². The summed E-state index contributed by atoms with van der Waals surface area (Å²) >= 11 is 0. The van der Waals surface area contributed by atoms with Gasteiger partial charge in [0.15, 0.2) is 0 Å². The molecule has 1 atom stereocenters. The fraction of sp³-hybridized carbons (Fsp3) is 0.750. The van der Waals surface area contributed by atoms with Crippen LogP contribution in [-0.4, -0.2) is 23.9 Å². The van der Waals surface area contributed by atoms with Gasteiger partial charge in [-0.3, -0.25) is 14.9 Å². The molecular weight excluding hydrogens is 156 g/mol. The molecule has 2 aliphatic rings. The molecule has 0 bridgehead atoms. The molecule has 4 nitrogen and oxygen atoms in total. The van der Waals surface area contributed by atoms with Crippen molar-refractivity contribution in [1.29, 1.82) is 0 Å². The zero-order chi connectivity index (χ0) is 8.60. The second kappa shape index (κ2) is 2.55. The second-order valence-electron chi connectivity index (χ2n) is 3.52. The third-order valence-electron chi connectivity index (χ3n) is 2.64. The van der Waals surface area contributed by atoms with Gasteiger partial charge in [-0.1, -0.05) is 0 Å². The highest BCUT2D eigenvalue weighted by Crippen LogP contribution is 2.26. The summed E-state index contributed by atoms with van der Waals surface area (Å²) in [6.07, 6.45) is 3.26. The molecular formula is C8H12N2O2. The van der Waals surface area contributed by atoms with Gasteiger partial charge in [0.2, 0.25) is 11.8 Å². The van der Waals surface area contributed by atoms with E-state index in [0.29, 0.717) is 6.42 Å². The lowest BCUT2D eigenvalue weighted by Crippen LogP contribution is -2.53. The standard InChI is InChI=1S/C8H12N2O2/c11-6-5-8(7(12)10-6)3-1-2-4-9-8/h9H,1-5H2,(H,10,11,12). The zero-order valence-corrected chi connectivity index (χ0v) is 6.85. The van der Waals surface area contributed by atoms with Crippen LogP contribution in [0.5, 0.6) is 0 Å². The number of piperidine rings is 1. The van der Waals surface area contributed by atoms with E-state index in [1.807, 2.05) is 0 Å². The molecule has 0 aliphatic carbocycles. The topological polar surface area (TPSA) is 58.2 Å². The van der Waals surface area contributed by atoms with E-state index in [0.717, 1.165) is 25.8 Å². The summed E-state index contributed by atoms with van der Waals surface area (Å²) in [5.74, 6) is -0.276. The highest BCUT2D eigenvalue weighted by atomic mass is 16.2. The predicted molar refractivity (Wildman–Crippen MR) is 42.4 cm³/mol. The van der Waals surface area contributed by atoms with Crippen molar-refractivity contribution >= 4 is 11.8 Å². The van der Waals surface area contributed by atoms with Crippen LogP contribution < -0.4 is 10.6 Å². The van der Waals surface area contributed by atoms with Gasteiger partial charge in [0.1, 0.15) is 5.54 Å². The van der Waals surface area contributed by atoms with Crippen molar-refractivity contribution in [3.8, 4) is 0 Å². The minimum absolute atomic E-state index is 0.132. The number of carbonyl (C=O) groups excluding carboxylic acids is 2. The van der Waals surface area contributed by atoms with Crippen LogP contribution >= 0.6 is 0 Å². The predicted octanol–water partition coefficient (Wildman–Crippen LogP) is -0.455. The minimum atomic E-state index is -0.546. The molecule has 2 heterocycles. The zero-order valence-electron chi connectivity index (χ0n) is 6.85. The smallest absolute Gasteiger partial charge is 0.247 e. The van der Waals surface area contributed by atoms with Crippen LogP contribution in [0, 0.1) is 0 Å². The van der Waals surface area contributed by atoms with Gasteiger partial charge in [-0.25, -0.2) is 0 Å². The summed E-state index contributed by atoms with van der Waals surface area (Å²) in [5.41, 5.74) is -0.546. The van der Waals surface area contributed by atoms with Gasteiger partial charge in [0.05, 0.1) is 6.42 Å². The lowest BCUT2D eigenvalue weighted by Gasteiger charge is -2.30. The quantitative estimate of drug-likeness (QED) is 0.481. The summed E-state index contributed by atoms with van der Waals surface area (Å²) in [6, 6.07) is 0. The molecule has 2 rings (SSSR count). The van der Waals surface area contributed by atoms with Crippen molar-refractivity contribution in [2.75, 3.05) is 6.54 Å². The molecule has 1 unspecified atom stereocenters. The molecule has 1 spiro atoms. The Morgan fingerprint density at radius 1 is 1.25 bits per heavy atom. The van der Waals surface area contributed by atoms with Crippen LogP contribution in [0.2, 0.25) is 0 Å². The van der Waals surface area contributed by atoms with Gasteiger partial charge in [0, 0.05) is 0 Å². The lowest BCUT2D eigenvalue weighted by atomic mass is 9.87. The first-order valence-electron chi connectivity index (χ1n) is 4.32. The van der Waals surface area contributed by atoms with Gasteiger partial charge in [0.25, 0.3) is 0 Å². The maximum atomic E-state index is 11.4. The van der Waals surface area contributed by atoms with E-state index in [1.54, 1.807) is 0 Å². The van der Waals surface area contributed by atoms with E-state index in [1.165, 1.54) is 0 Å². The van der Waals surface area contributed by atoms with Crippen LogP contribution in [0.15, 0.2) is 0 Å². The molecule has 0 saturated carbocycles. The molecule has 4 heteroatoms. The number of rotatable bonds is 0. The molecule has 2 aliphatic heterocycles. The summed E-state index contributed by atoms with van der Waals surface area (Å²) in [5, 5.41) is 5.48. The van der Waals surface area contributed by atoms with Crippen molar-refractivity contribution < 1.29 is 9.59 Å². The maximum absolute atomic E-state index is 11.4. The van der Waals surface area contributed by atoms with E-state index in [4.69, 9.17) is 0 Å². The van der Waals surface area contributed by atoms with Gasteiger partial charge < -0.3 is 5.32 Å². The van der Waals surface area contributed by atoms with Crippen LogP contribution in [0.25, 0.3) is 0 Å². The average Bonchev–Trinajstić information content (AvgIpc) is 2.29. The molecule has 0 aromatic rings. The Morgan fingerprint density at radius 3 is 2.58 bits per heavy atom. The molecule has 2 N–H and O–H groups in total. The van der Waals surface area contributed by atoms with Crippen molar-refractivity contribution in [2.45, 2.75) is 31.2 Å². The molecule has 12 heavy (non-hydrogen) atoms.